The lowest BCUT2D eigenvalue weighted by Crippen LogP contribution is -2.41. The van der Waals surface area contributed by atoms with Crippen LogP contribution in [0.4, 0.5) is 5.82 Å². The molecular weight excluding hydrogens is 388 g/mol. The second-order valence-electron chi connectivity index (χ2n) is 6.75. The van der Waals surface area contributed by atoms with Gasteiger partial charge in [-0.3, -0.25) is 4.90 Å². The van der Waals surface area contributed by atoms with E-state index in [2.05, 4.69) is 32.3 Å². The van der Waals surface area contributed by atoms with Crippen LogP contribution >= 0.6 is 11.3 Å². The Bertz CT molecular complexity index is 943. The first-order valence-electron chi connectivity index (χ1n) is 9.84. The molecule has 154 valence electrons. The second kappa shape index (κ2) is 9.39. The summed E-state index contributed by atoms with van der Waals surface area (Å²) >= 11 is 1.65. The summed E-state index contributed by atoms with van der Waals surface area (Å²) in [6, 6.07) is 8.37. The Morgan fingerprint density at radius 3 is 2.86 bits per heavy atom. The lowest BCUT2D eigenvalue weighted by molar-refractivity contribution is 0.0186. The molecule has 1 aliphatic heterocycles. The number of nitrogens with zero attached hydrogens (tertiary/aromatic N) is 3. The zero-order chi connectivity index (χ0) is 20.1. The number of nitrogens with one attached hydrogen (secondary N) is 1. The van der Waals surface area contributed by atoms with Crippen molar-refractivity contribution in [1.82, 2.24) is 14.9 Å². The number of rotatable bonds is 8. The monoisotopic (exact) mass is 414 g/mol. The number of benzene rings is 1. The summed E-state index contributed by atoms with van der Waals surface area (Å²) in [7, 11) is 1.68. The zero-order valence-electron chi connectivity index (χ0n) is 16.8. The molecule has 7 nitrogen and oxygen atoms in total. The van der Waals surface area contributed by atoms with Gasteiger partial charge in [-0.05, 0) is 36.1 Å². The Morgan fingerprint density at radius 1 is 1.21 bits per heavy atom. The maximum absolute atomic E-state index is 5.69. The summed E-state index contributed by atoms with van der Waals surface area (Å²) in [5.41, 5.74) is 2.15. The fourth-order valence-corrected chi connectivity index (χ4v) is 4.43. The van der Waals surface area contributed by atoms with Crippen molar-refractivity contribution in [2.24, 2.45) is 0 Å². The van der Waals surface area contributed by atoms with E-state index in [1.165, 1.54) is 5.56 Å². The molecule has 8 heteroatoms. The van der Waals surface area contributed by atoms with Crippen LogP contribution in [0.15, 0.2) is 36.0 Å². The van der Waals surface area contributed by atoms with E-state index >= 15 is 0 Å². The number of methoxy groups -OCH3 is 1. The molecule has 1 atom stereocenters. The van der Waals surface area contributed by atoms with E-state index in [0.717, 1.165) is 60.4 Å². The molecule has 1 fully saturated rings. The predicted octanol–water partition coefficient (Wildman–Crippen LogP) is 3.58. The molecule has 1 saturated heterocycles. The predicted molar refractivity (Wildman–Crippen MR) is 115 cm³/mol. The summed E-state index contributed by atoms with van der Waals surface area (Å²) < 4.78 is 17.9. The van der Waals surface area contributed by atoms with E-state index in [9.17, 15) is 0 Å². The van der Waals surface area contributed by atoms with Gasteiger partial charge in [-0.15, -0.1) is 11.3 Å². The van der Waals surface area contributed by atoms with Crippen LogP contribution < -0.4 is 14.8 Å². The summed E-state index contributed by atoms with van der Waals surface area (Å²) in [5, 5.41) is 5.59. The highest BCUT2D eigenvalue weighted by molar-refractivity contribution is 7.17. The van der Waals surface area contributed by atoms with Crippen molar-refractivity contribution in [2.45, 2.75) is 13.0 Å². The number of thiophene rings is 1. The number of fused-ring (bicyclic) bond motifs is 1. The second-order valence-corrected chi connectivity index (χ2v) is 7.66. The number of ether oxygens (including phenoxy) is 3. The minimum Gasteiger partial charge on any atom is -0.493 e. The minimum absolute atomic E-state index is 0.161. The van der Waals surface area contributed by atoms with Gasteiger partial charge in [-0.2, -0.15) is 0 Å². The molecule has 0 amide bonds. The van der Waals surface area contributed by atoms with Crippen LogP contribution in [0.3, 0.4) is 0 Å². The highest BCUT2D eigenvalue weighted by atomic mass is 32.1. The number of aromatic nitrogens is 2. The van der Waals surface area contributed by atoms with E-state index in [1.807, 2.05) is 24.4 Å². The summed E-state index contributed by atoms with van der Waals surface area (Å²) in [5.74, 6) is 2.40. The van der Waals surface area contributed by atoms with Crippen LogP contribution in [0.2, 0.25) is 0 Å². The first-order chi connectivity index (χ1) is 14.3. The molecular formula is C21H26N4O3S. The van der Waals surface area contributed by atoms with Crippen LogP contribution in [0, 0.1) is 0 Å². The first-order valence-corrected chi connectivity index (χ1v) is 10.7. The number of morpholine rings is 1. The SMILES string of the molecule is CCOc1ccc(C(CNc2ncnc3ccsc23)N2CCOCC2)cc1OC. The molecule has 1 N–H and O–H groups in total. The van der Waals surface area contributed by atoms with Gasteiger partial charge in [-0.25, -0.2) is 9.97 Å². The maximum atomic E-state index is 5.69. The Hall–Kier alpha value is -2.42. The molecule has 1 unspecified atom stereocenters. The molecule has 4 rings (SSSR count). The number of hydrogen-bond acceptors (Lipinski definition) is 8. The number of anilines is 1. The van der Waals surface area contributed by atoms with Gasteiger partial charge in [0.2, 0.25) is 0 Å². The third kappa shape index (κ3) is 4.44. The first kappa shape index (κ1) is 19.9. The molecule has 3 aromatic rings. The maximum Gasteiger partial charge on any atom is 0.161 e. The average Bonchev–Trinajstić information content (AvgIpc) is 3.25. The average molecular weight is 415 g/mol. The molecule has 0 saturated carbocycles. The van der Waals surface area contributed by atoms with Crippen molar-refractivity contribution < 1.29 is 14.2 Å². The molecule has 0 bridgehead atoms. The molecule has 29 heavy (non-hydrogen) atoms. The van der Waals surface area contributed by atoms with Crippen molar-refractivity contribution in [3.63, 3.8) is 0 Å². The lowest BCUT2D eigenvalue weighted by atomic mass is 10.0. The van der Waals surface area contributed by atoms with Crippen LogP contribution in [0.25, 0.3) is 10.2 Å². The fourth-order valence-electron chi connectivity index (χ4n) is 3.62. The van der Waals surface area contributed by atoms with Gasteiger partial charge >= 0.3 is 0 Å². The Kier molecular flexibility index (Phi) is 6.43. The van der Waals surface area contributed by atoms with Gasteiger partial charge in [0.25, 0.3) is 0 Å². The molecule has 1 aliphatic rings. The van der Waals surface area contributed by atoms with Crippen LogP contribution in [-0.2, 0) is 4.74 Å². The highest BCUT2D eigenvalue weighted by Gasteiger charge is 2.24. The molecule has 3 heterocycles. The molecule has 1 aromatic carbocycles. The van der Waals surface area contributed by atoms with E-state index in [1.54, 1.807) is 24.8 Å². The van der Waals surface area contributed by atoms with Crippen LogP contribution in [0.5, 0.6) is 11.5 Å². The third-order valence-electron chi connectivity index (χ3n) is 5.06. The Balaban J connectivity index is 1.60. The van der Waals surface area contributed by atoms with E-state index < -0.39 is 0 Å². The third-order valence-corrected chi connectivity index (χ3v) is 5.98. The topological polar surface area (TPSA) is 68.7 Å². The smallest absolute Gasteiger partial charge is 0.161 e. The molecule has 0 aliphatic carbocycles. The Morgan fingerprint density at radius 2 is 2.07 bits per heavy atom. The quantitative estimate of drug-likeness (QED) is 0.604. The Labute approximate surface area is 174 Å². The summed E-state index contributed by atoms with van der Waals surface area (Å²) in [6.45, 7) is 6.57. The van der Waals surface area contributed by atoms with Gasteiger partial charge in [0.05, 0.1) is 43.2 Å². The van der Waals surface area contributed by atoms with Gasteiger partial charge in [0.1, 0.15) is 12.1 Å². The van der Waals surface area contributed by atoms with Crippen LogP contribution in [-0.4, -0.2) is 61.4 Å². The van der Waals surface area contributed by atoms with Crippen molar-refractivity contribution in [3.8, 4) is 11.5 Å². The minimum atomic E-state index is 0.161. The normalized spacial score (nSPS) is 15.9. The summed E-state index contributed by atoms with van der Waals surface area (Å²) in [6.07, 6.45) is 1.61. The van der Waals surface area contributed by atoms with E-state index in [4.69, 9.17) is 14.2 Å². The number of hydrogen-bond donors (Lipinski definition) is 1. The van der Waals surface area contributed by atoms with Gasteiger partial charge in [0.15, 0.2) is 11.5 Å². The lowest BCUT2D eigenvalue weighted by Gasteiger charge is -2.35. The summed E-state index contributed by atoms with van der Waals surface area (Å²) in [4.78, 5) is 11.2. The molecule has 0 spiro atoms. The largest absolute Gasteiger partial charge is 0.493 e. The van der Waals surface area contributed by atoms with Crippen molar-refractivity contribution in [1.29, 1.82) is 0 Å². The van der Waals surface area contributed by atoms with Crippen molar-refractivity contribution in [3.05, 3.63) is 41.5 Å². The van der Waals surface area contributed by atoms with Crippen molar-refractivity contribution >= 4 is 27.4 Å². The highest BCUT2D eigenvalue weighted by Crippen LogP contribution is 2.33. The van der Waals surface area contributed by atoms with Gasteiger partial charge in [0, 0.05) is 19.6 Å². The van der Waals surface area contributed by atoms with Crippen LogP contribution in [0.1, 0.15) is 18.5 Å². The van der Waals surface area contributed by atoms with Crippen molar-refractivity contribution in [2.75, 3.05) is 51.9 Å². The molecule has 0 radical (unpaired) electrons. The van der Waals surface area contributed by atoms with E-state index in [0.29, 0.717) is 6.61 Å². The fraction of sp³-hybridized carbons (Fsp3) is 0.429. The molecule has 2 aromatic heterocycles. The standard InChI is InChI=1S/C21H26N4O3S/c1-3-28-18-5-4-15(12-19(18)26-2)17(25-7-9-27-10-8-25)13-22-21-20-16(6-11-29-20)23-14-24-21/h4-6,11-12,14,17H,3,7-10,13H2,1-2H3,(H,22,23,24). The zero-order valence-corrected chi connectivity index (χ0v) is 17.6. The van der Waals surface area contributed by atoms with E-state index in [-0.39, 0.29) is 6.04 Å². The van der Waals surface area contributed by atoms with Gasteiger partial charge < -0.3 is 19.5 Å². The van der Waals surface area contributed by atoms with Gasteiger partial charge in [-0.1, -0.05) is 6.07 Å².